The number of aromatic nitrogens is 2. The van der Waals surface area contributed by atoms with Crippen molar-refractivity contribution >= 4 is 46.4 Å². The van der Waals surface area contributed by atoms with Crippen molar-refractivity contribution in [1.82, 2.24) is 9.97 Å². The van der Waals surface area contributed by atoms with Crippen molar-refractivity contribution in [2.24, 2.45) is 0 Å². The number of fused-ring (bicyclic) bond motifs is 1. The summed E-state index contributed by atoms with van der Waals surface area (Å²) < 4.78 is 0. The van der Waals surface area contributed by atoms with Crippen molar-refractivity contribution < 1.29 is 19.8 Å². The Hall–Kier alpha value is -1.80. The topological polar surface area (TPSA) is 106 Å². The molecule has 0 bridgehead atoms. The van der Waals surface area contributed by atoms with Gasteiger partial charge in [0.1, 0.15) is 5.03 Å². The van der Waals surface area contributed by atoms with Gasteiger partial charge < -0.3 is 19.8 Å². The fraction of sp³-hybridized carbons (Fsp3) is 0.286. The summed E-state index contributed by atoms with van der Waals surface area (Å²) in [6.45, 7) is 0. The number of rotatable bonds is 8. The SMILES string of the molecule is O=C([O-])CCSc1nc(SCCC(=O)[O-])c2ccccc2n1. The van der Waals surface area contributed by atoms with E-state index in [0.29, 0.717) is 21.7 Å². The molecular formula is C14H12N2O4S2-2. The zero-order chi connectivity index (χ0) is 15.9. The number of hydrogen-bond acceptors (Lipinski definition) is 8. The van der Waals surface area contributed by atoms with Crippen molar-refractivity contribution in [1.29, 1.82) is 0 Å². The second kappa shape index (κ2) is 8.00. The summed E-state index contributed by atoms with van der Waals surface area (Å²) in [4.78, 5) is 29.7. The Morgan fingerprint density at radius 3 is 2.27 bits per heavy atom. The first-order valence-electron chi connectivity index (χ1n) is 6.48. The minimum absolute atomic E-state index is 0.0594. The lowest BCUT2D eigenvalue weighted by Gasteiger charge is -2.08. The molecule has 2 rings (SSSR count). The van der Waals surface area contributed by atoms with Crippen LogP contribution in [0.5, 0.6) is 0 Å². The summed E-state index contributed by atoms with van der Waals surface area (Å²) in [5.41, 5.74) is 0.740. The predicted molar refractivity (Wildman–Crippen MR) is 80.2 cm³/mol. The Balaban J connectivity index is 2.19. The van der Waals surface area contributed by atoms with E-state index in [1.165, 1.54) is 23.5 Å². The number of para-hydroxylation sites is 1. The maximum Gasteiger partial charge on any atom is 0.189 e. The molecule has 1 aromatic heterocycles. The largest absolute Gasteiger partial charge is 0.550 e. The summed E-state index contributed by atoms with van der Waals surface area (Å²) in [5, 5.41) is 22.9. The Bertz CT molecular complexity index is 694. The summed E-state index contributed by atoms with van der Waals surface area (Å²) in [6.07, 6.45) is -0.135. The van der Waals surface area contributed by atoms with Gasteiger partial charge in [0.15, 0.2) is 5.16 Å². The minimum atomic E-state index is -1.11. The molecular weight excluding hydrogens is 324 g/mol. The first-order chi connectivity index (χ1) is 10.6. The Labute approximate surface area is 135 Å². The maximum atomic E-state index is 10.5. The molecule has 116 valence electrons. The quantitative estimate of drug-likeness (QED) is 0.379. The van der Waals surface area contributed by atoms with E-state index in [9.17, 15) is 19.8 Å². The van der Waals surface area contributed by atoms with Crippen LogP contribution in [0.2, 0.25) is 0 Å². The van der Waals surface area contributed by atoms with E-state index in [0.717, 1.165) is 10.9 Å². The van der Waals surface area contributed by atoms with E-state index in [1.54, 1.807) is 0 Å². The van der Waals surface area contributed by atoms with Gasteiger partial charge in [-0.1, -0.05) is 30.0 Å². The van der Waals surface area contributed by atoms with Crippen LogP contribution in [0.25, 0.3) is 10.9 Å². The monoisotopic (exact) mass is 336 g/mol. The summed E-state index contributed by atoms with van der Waals surface area (Å²) >= 11 is 2.55. The van der Waals surface area contributed by atoms with E-state index < -0.39 is 11.9 Å². The van der Waals surface area contributed by atoms with Gasteiger partial charge in [0, 0.05) is 28.8 Å². The Morgan fingerprint density at radius 1 is 0.955 bits per heavy atom. The van der Waals surface area contributed by atoms with Gasteiger partial charge in [-0.25, -0.2) is 9.97 Å². The molecule has 0 unspecified atom stereocenters. The van der Waals surface area contributed by atoms with Crippen molar-refractivity contribution in [3.8, 4) is 0 Å². The molecule has 1 heterocycles. The molecule has 0 aliphatic carbocycles. The lowest BCUT2D eigenvalue weighted by Crippen LogP contribution is -2.22. The number of carboxylic acid groups (broad SMARTS) is 2. The molecule has 0 spiro atoms. The third-order valence-electron chi connectivity index (χ3n) is 2.63. The number of thioether (sulfide) groups is 2. The molecule has 0 saturated carbocycles. The number of carbonyl (C=O) groups is 2. The van der Waals surface area contributed by atoms with Crippen LogP contribution < -0.4 is 10.2 Å². The van der Waals surface area contributed by atoms with Crippen LogP contribution in [0.3, 0.4) is 0 Å². The molecule has 22 heavy (non-hydrogen) atoms. The van der Waals surface area contributed by atoms with Crippen LogP contribution in [-0.4, -0.2) is 33.4 Å². The van der Waals surface area contributed by atoms with Crippen molar-refractivity contribution in [2.75, 3.05) is 11.5 Å². The zero-order valence-electron chi connectivity index (χ0n) is 11.5. The first kappa shape index (κ1) is 16.6. The van der Waals surface area contributed by atoms with Crippen molar-refractivity contribution in [3.63, 3.8) is 0 Å². The number of benzene rings is 1. The molecule has 8 heteroatoms. The first-order valence-corrected chi connectivity index (χ1v) is 8.45. The van der Waals surface area contributed by atoms with E-state index in [2.05, 4.69) is 9.97 Å². The third-order valence-corrected chi connectivity index (χ3v) is 4.47. The molecule has 2 aromatic rings. The summed E-state index contributed by atoms with van der Waals surface area (Å²) in [6, 6.07) is 7.41. The van der Waals surface area contributed by atoms with Crippen LogP contribution in [-0.2, 0) is 9.59 Å². The highest BCUT2D eigenvalue weighted by atomic mass is 32.2. The molecule has 0 fully saturated rings. The van der Waals surface area contributed by atoms with E-state index in [-0.39, 0.29) is 12.8 Å². The normalized spacial score (nSPS) is 10.7. The molecule has 0 radical (unpaired) electrons. The number of aliphatic carboxylic acids is 2. The second-order valence-electron chi connectivity index (χ2n) is 4.27. The minimum Gasteiger partial charge on any atom is -0.550 e. The molecule has 0 N–H and O–H groups in total. The summed E-state index contributed by atoms with van der Waals surface area (Å²) in [7, 11) is 0. The van der Waals surface area contributed by atoms with Gasteiger partial charge >= 0.3 is 0 Å². The van der Waals surface area contributed by atoms with Gasteiger partial charge in [0.05, 0.1) is 5.52 Å². The second-order valence-corrected chi connectivity index (χ2v) is 6.42. The van der Waals surface area contributed by atoms with E-state index in [1.807, 2.05) is 24.3 Å². The summed E-state index contributed by atoms with van der Waals surface area (Å²) in [5.74, 6) is -1.54. The smallest absolute Gasteiger partial charge is 0.189 e. The molecule has 0 aliphatic rings. The van der Waals surface area contributed by atoms with E-state index in [4.69, 9.17) is 0 Å². The predicted octanol–water partition coefficient (Wildman–Crippen LogP) is 0.0940. The lowest BCUT2D eigenvalue weighted by atomic mass is 10.2. The van der Waals surface area contributed by atoms with Crippen LogP contribution in [0.1, 0.15) is 12.8 Å². The highest BCUT2D eigenvalue weighted by Crippen LogP contribution is 2.28. The Kier molecular flexibility index (Phi) is 6.02. The van der Waals surface area contributed by atoms with Gasteiger partial charge in [0.25, 0.3) is 0 Å². The van der Waals surface area contributed by atoms with Crippen LogP contribution >= 0.6 is 23.5 Å². The molecule has 6 nitrogen and oxygen atoms in total. The molecule has 1 aromatic carbocycles. The van der Waals surface area contributed by atoms with Crippen LogP contribution in [0.15, 0.2) is 34.4 Å². The van der Waals surface area contributed by atoms with Gasteiger partial charge in [-0.05, 0) is 18.9 Å². The van der Waals surface area contributed by atoms with Gasteiger partial charge in [-0.2, -0.15) is 0 Å². The standard InChI is InChI=1S/C14H14N2O4S2/c17-11(18)5-7-21-13-9-3-1-2-4-10(9)15-14(16-13)22-8-6-12(19)20/h1-4H,5-8H2,(H,17,18)(H,19,20)/p-2. The van der Waals surface area contributed by atoms with Crippen molar-refractivity contribution in [3.05, 3.63) is 24.3 Å². The molecule has 0 amide bonds. The number of nitrogens with zero attached hydrogens (tertiary/aromatic N) is 2. The van der Waals surface area contributed by atoms with Gasteiger partial charge in [0.2, 0.25) is 0 Å². The van der Waals surface area contributed by atoms with Crippen molar-refractivity contribution in [2.45, 2.75) is 23.0 Å². The zero-order valence-corrected chi connectivity index (χ0v) is 13.1. The van der Waals surface area contributed by atoms with Gasteiger partial charge in [-0.3, -0.25) is 0 Å². The lowest BCUT2D eigenvalue weighted by molar-refractivity contribution is -0.306. The average molecular weight is 336 g/mol. The van der Waals surface area contributed by atoms with E-state index >= 15 is 0 Å². The molecule has 0 saturated heterocycles. The maximum absolute atomic E-state index is 10.5. The Morgan fingerprint density at radius 2 is 1.59 bits per heavy atom. The fourth-order valence-corrected chi connectivity index (χ4v) is 3.43. The highest BCUT2D eigenvalue weighted by molar-refractivity contribution is 8.00. The highest BCUT2D eigenvalue weighted by Gasteiger charge is 2.08. The number of carbonyl (C=O) groups excluding carboxylic acids is 2. The fourth-order valence-electron chi connectivity index (χ4n) is 1.66. The van der Waals surface area contributed by atoms with Gasteiger partial charge in [-0.15, -0.1) is 11.8 Å². The van der Waals surface area contributed by atoms with Crippen LogP contribution in [0.4, 0.5) is 0 Å². The number of carboxylic acids is 2. The number of hydrogen-bond donors (Lipinski definition) is 0. The van der Waals surface area contributed by atoms with Crippen LogP contribution in [0, 0.1) is 0 Å². The average Bonchev–Trinajstić information content (AvgIpc) is 2.46. The molecule has 0 aliphatic heterocycles. The molecule has 0 atom stereocenters. The third kappa shape index (κ3) is 4.88.